The fraction of sp³-hybridized carbons (Fsp3) is 0.474. The van der Waals surface area contributed by atoms with Crippen molar-refractivity contribution in [1.29, 1.82) is 0 Å². The Morgan fingerprint density at radius 2 is 1.62 bits per heavy atom. The SMILES string of the molecule is Cc1cccc(F)c1C(=O)N1CCCC(C(=O)Nc2cccc(C(C)(C)C)c2)C1c1ccc(CCCN2CCC[C@H]2C(F)(F)F)cc1. The summed E-state index contributed by atoms with van der Waals surface area (Å²) in [5.41, 5.74) is 3.91. The Hall–Kier alpha value is -3.72. The van der Waals surface area contributed by atoms with Crippen LogP contribution in [0.2, 0.25) is 0 Å². The maximum absolute atomic E-state index is 15.0. The van der Waals surface area contributed by atoms with Crippen LogP contribution in [0.15, 0.2) is 66.7 Å². The van der Waals surface area contributed by atoms with Crippen LogP contribution < -0.4 is 5.32 Å². The van der Waals surface area contributed by atoms with Gasteiger partial charge in [0, 0.05) is 12.2 Å². The maximum atomic E-state index is 15.0. The Labute approximate surface area is 275 Å². The van der Waals surface area contributed by atoms with Gasteiger partial charge in [-0.2, -0.15) is 13.2 Å². The lowest BCUT2D eigenvalue weighted by molar-refractivity contribution is -0.175. The molecule has 5 rings (SSSR count). The van der Waals surface area contributed by atoms with Gasteiger partial charge in [-0.05, 0) is 104 Å². The Morgan fingerprint density at radius 1 is 0.915 bits per heavy atom. The predicted molar refractivity (Wildman–Crippen MR) is 177 cm³/mol. The molecule has 0 aliphatic carbocycles. The first-order chi connectivity index (χ1) is 22.2. The predicted octanol–water partition coefficient (Wildman–Crippen LogP) is 8.62. The van der Waals surface area contributed by atoms with Crippen molar-refractivity contribution in [1.82, 2.24) is 9.80 Å². The van der Waals surface area contributed by atoms with Gasteiger partial charge in [-0.1, -0.05) is 69.3 Å². The highest BCUT2D eigenvalue weighted by Crippen LogP contribution is 2.39. The lowest BCUT2D eigenvalue weighted by Gasteiger charge is -2.41. The van der Waals surface area contributed by atoms with E-state index >= 15 is 4.39 Å². The molecule has 0 aromatic heterocycles. The van der Waals surface area contributed by atoms with Crippen molar-refractivity contribution in [3.05, 3.63) is 100 Å². The largest absolute Gasteiger partial charge is 0.404 e. The zero-order valence-electron chi connectivity index (χ0n) is 27.7. The maximum Gasteiger partial charge on any atom is 0.404 e. The molecule has 2 aliphatic rings. The van der Waals surface area contributed by atoms with Gasteiger partial charge in [0.25, 0.3) is 5.91 Å². The smallest absolute Gasteiger partial charge is 0.331 e. The lowest BCUT2D eigenvalue weighted by Crippen LogP contribution is -2.46. The number of halogens is 4. The quantitative estimate of drug-likeness (QED) is 0.248. The number of hydrogen-bond acceptors (Lipinski definition) is 3. The number of aryl methyl sites for hydroxylation is 2. The average molecular weight is 652 g/mol. The number of amides is 2. The molecule has 1 N–H and O–H groups in total. The van der Waals surface area contributed by atoms with Gasteiger partial charge >= 0.3 is 6.18 Å². The fourth-order valence-electron chi connectivity index (χ4n) is 7.09. The first-order valence-electron chi connectivity index (χ1n) is 16.6. The minimum absolute atomic E-state index is 0.00660. The summed E-state index contributed by atoms with van der Waals surface area (Å²) in [7, 11) is 0. The minimum Gasteiger partial charge on any atom is -0.331 e. The molecule has 0 radical (unpaired) electrons. The van der Waals surface area contributed by atoms with Crippen LogP contribution in [0.25, 0.3) is 0 Å². The molecule has 0 spiro atoms. The number of piperidine rings is 1. The number of benzene rings is 3. The van der Waals surface area contributed by atoms with Crippen molar-refractivity contribution in [2.24, 2.45) is 5.92 Å². The van der Waals surface area contributed by atoms with E-state index in [0.29, 0.717) is 63.0 Å². The van der Waals surface area contributed by atoms with Crippen LogP contribution in [-0.4, -0.2) is 53.5 Å². The number of alkyl halides is 3. The average Bonchev–Trinajstić information content (AvgIpc) is 3.50. The van der Waals surface area contributed by atoms with Gasteiger partial charge in [0.2, 0.25) is 5.91 Å². The molecule has 3 atom stereocenters. The summed E-state index contributed by atoms with van der Waals surface area (Å²) in [5, 5.41) is 3.09. The molecule has 2 aliphatic heterocycles. The van der Waals surface area contributed by atoms with Crippen molar-refractivity contribution in [2.45, 2.75) is 89.9 Å². The molecular weight excluding hydrogens is 606 g/mol. The van der Waals surface area contributed by atoms with Gasteiger partial charge in [0.15, 0.2) is 0 Å². The molecule has 47 heavy (non-hydrogen) atoms. The molecule has 3 aromatic rings. The van der Waals surface area contributed by atoms with Gasteiger partial charge in [-0.3, -0.25) is 14.5 Å². The molecule has 5 nitrogen and oxygen atoms in total. The number of nitrogens with one attached hydrogen (secondary N) is 1. The first kappa shape index (κ1) is 34.6. The van der Waals surface area contributed by atoms with E-state index in [1.807, 2.05) is 48.5 Å². The van der Waals surface area contributed by atoms with Crippen LogP contribution in [0, 0.1) is 18.7 Å². The zero-order chi connectivity index (χ0) is 33.9. The molecule has 9 heteroatoms. The topological polar surface area (TPSA) is 52.7 Å². The second-order valence-corrected chi connectivity index (χ2v) is 14.0. The lowest BCUT2D eigenvalue weighted by atomic mass is 9.82. The van der Waals surface area contributed by atoms with E-state index in [1.165, 1.54) is 11.0 Å². The van der Waals surface area contributed by atoms with E-state index in [4.69, 9.17) is 0 Å². The summed E-state index contributed by atoms with van der Waals surface area (Å²) in [6.07, 6.45) is -1.17. The molecule has 2 fully saturated rings. The summed E-state index contributed by atoms with van der Waals surface area (Å²) < 4.78 is 55.2. The third kappa shape index (κ3) is 8.06. The number of anilines is 1. The molecule has 2 unspecified atom stereocenters. The van der Waals surface area contributed by atoms with Gasteiger partial charge in [0.05, 0.1) is 17.5 Å². The summed E-state index contributed by atoms with van der Waals surface area (Å²) in [6, 6.07) is 18.0. The normalized spacial score (nSPS) is 20.8. The highest BCUT2D eigenvalue weighted by atomic mass is 19.4. The van der Waals surface area contributed by atoms with Crippen molar-refractivity contribution < 1.29 is 27.2 Å². The van der Waals surface area contributed by atoms with E-state index in [0.717, 1.165) is 16.7 Å². The fourth-order valence-corrected chi connectivity index (χ4v) is 7.09. The van der Waals surface area contributed by atoms with Crippen LogP contribution >= 0.6 is 0 Å². The van der Waals surface area contributed by atoms with E-state index in [2.05, 4.69) is 26.1 Å². The monoisotopic (exact) mass is 651 g/mol. The van der Waals surface area contributed by atoms with E-state index in [9.17, 15) is 22.8 Å². The molecule has 0 bridgehead atoms. The summed E-state index contributed by atoms with van der Waals surface area (Å²) in [5.74, 6) is -1.84. The van der Waals surface area contributed by atoms with Gasteiger partial charge in [-0.15, -0.1) is 0 Å². The Balaban J connectivity index is 1.39. The molecule has 3 aromatic carbocycles. The third-order valence-corrected chi connectivity index (χ3v) is 9.63. The molecule has 0 saturated carbocycles. The molecule has 2 saturated heterocycles. The van der Waals surface area contributed by atoms with Crippen molar-refractivity contribution in [3.63, 3.8) is 0 Å². The van der Waals surface area contributed by atoms with Crippen LogP contribution in [0.4, 0.5) is 23.2 Å². The van der Waals surface area contributed by atoms with E-state index in [-0.39, 0.29) is 23.3 Å². The van der Waals surface area contributed by atoms with Gasteiger partial charge in [0.1, 0.15) is 11.9 Å². The number of rotatable bonds is 8. The highest BCUT2D eigenvalue weighted by molar-refractivity contribution is 5.98. The van der Waals surface area contributed by atoms with Gasteiger partial charge < -0.3 is 10.2 Å². The van der Waals surface area contributed by atoms with Crippen molar-refractivity contribution in [2.75, 3.05) is 25.0 Å². The van der Waals surface area contributed by atoms with Crippen molar-refractivity contribution >= 4 is 17.5 Å². The second kappa shape index (κ2) is 14.2. The van der Waals surface area contributed by atoms with E-state index in [1.54, 1.807) is 24.0 Å². The van der Waals surface area contributed by atoms with Crippen molar-refractivity contribution in [3.8, 4) is 0 Å². The Morgan fingerprint density at radius 3 is 2.30 bits per heavy atom. The minimum atomic E-state index is -4.21. The number of hydrogen-bond donors (Lipinski definition) is 1. The summed E-state index contributed by atoms with van der Waals surface area (Å²) in [4.78, 5) is 31.1. The summed E-state index contributed by atoms with van der Waals surface area (Å²) >= 11 is 0. The Bertz CT molecular complexity index is 1540. The van der Waals surface area contributed by atoms with E-state index < -0.39 is 35.9 Å². The number of nitrogens with zero attached hydrogens (tertiary/aromatic N) is 2. The van der Waals surface area contributed by atoms with Crippen LogP contribution in [-0.2, 0) is 16.6 Å². The van der Waals surface area contributed by atoms with Crippen LogP contribution in [0.5, 0.6) is 0 Å². The number of likely N-dealkylation sites (tertiary alicyclic amines) is 2. The number of carbonyl (C=O) groups is 2. The van der Waals surface area contributed by atoms with Crippen LogP contribution in [0.1, 0.15) is 91.5 Å². The standard InChI is InChI=1S/C38H45F4N3O2/c1-25-10-5-15-31(39)33(25)36(47)45-23-8-14-30(35(46)43-29-13-6-12-28(24-29)37(2,3)4)34(45)27-19-17-26(18-20-27)11-7-21-44-22-9-16-32(44)38(40,41)42/h5-6,10,12-13,15,17-20,24,30,32,34H,7-9,11,14,16,21-23H2,1-4H3,(H,43,46)/t30?,32-,34?/m0/s1. The molecular formula is C38H45F4N3O2. The zero-order valence-corrected chi connectivity index (χ0v) is 27.7. The highest BCUT2D eigenvalue weighted by Gasteiger charge is 2.45. The molecule has 2 amide bonds. The third-order valence-electron chi connectivity index (χ3n) is 9.63. The Kier molecular flexibility index (Phi) is 10.4. The summed E-state index contributed by atoms with van der Waals surface area (Å²) in [6.45, 7) is 9.23. The molecule has 2 heterocycles. The first-order valence-corrected chi connectivity index (χ1v) is 16.6. The molecule has 252 valence electrons. The van der Waals surface area contributed by atoms with Gasteiger partial charge in [-0.25, -0.2) is 4.39 Å². The number of carbonyl (C=O) groups excluding carboxylic acids is 2. The van der Waals surface area contributed by atoms with Crippen LogP contribution in [0.3, 0.4) is 0 Å². The second-order valence-electron chi connectivity index (χ2n) is 14.0.